The molecule has 3 aliphatic rings. The van der Waals surface area contributed by atoms with Crippen molar-refractivity contribution in [3.05, 3.63) is 35.9 Å². The summed E-state index contributed by atoms with van der Waals surface area (Å²) in [5.41, 5.74) is 1.43. The molecule has 1 aromatic carbocycles. The third-order valence-corrected chi connectivity index (χ3v) is 6.98. The van der Waals surface area contributed by atoms with Crippen molar-refractivity contribution in [2.45, 2.75) is 64.6 Å². The molecule has 0 saturated carbocycles. The first kappa shape index (κ1) is 22.8. The van der Waals surface area contributed by atoms with Crippen LogP contribution in [0.4, 0.5) is 0 Å². The van der Waals surface area contributed by atoms with Crippen LogP contribution in [-0.4, -0.2) is 60.9 Å². The van der Waals surface area contributed by atoms with E-state index in [9.17, 15) is 9.59 Å². The molecule has 7 nitrogen and oxygen atoms in total. The lowest BCUT2D eigenvalue weighted by Gasteiger charge is -2.42. The molecule has 0 unspecified atom stereocenters. The van der Waals surface area contributed by atoms with Crippen molar-refractivity contribution >= 4 is 17.5 Å². The van der Waals surface area contributed by atoms with E-state index in [1.54, 1.807) is 0 Å². The highest BCUT2D eigenvalue weighted by atomic mass is 16.6. The van der Waals surface area contributed by atoms with Crippen LogP contribution in [-0.2, 0) is 19.2 Å². The maximum absolute atomic E-state index is 13.5. The maximum atomic E-state index is 13.5. The molecule has 3 aliphatic heterocycles. The fourth-order valence-corrected chi connectivity index (χ4v) is 5.02. The molecule has 2 fully saturated rings. The molecule has 3 heterocycles. The molecule has 2 amide bonds. The molecule has 4 rings (SSSR count). The summed E-state index contributed by atoms with van der Waals surface area (Å²) < 4.78 is 5.68. The second-order valence-corrected chi connectivity index (χ2v) is 9.65. The van der Waals surface area contributed by atoms with Crippen molar-refractivity contribution < 1.29 is 19.2 Å². The van der Waals surface area contributed by atoms with Crippen molar-refractivity contribution in [2.75, 3.05) is 26.2 Å². The van der Waals surface area contributed by atoms with Crippen LogP contribution in [0.15, 0.2) is 35.5 Å². The molecule has 2 saturated heterocycles. The second kappa shape index (κ2) is 10.0. The highest BCUT2D eigenvalue weighted by molar-refractivity contribution is 6.01. The van der Waals surface area contributed by atoms with Gasteiger partial charge in [-0.3, -0.25) is 9.59 Å². The van der Waals surface area contributed by atoms with Crippen molar-refractivity contribution in [1.82, 2.24) is 10.2 Å². The average Bonchev–Trinajstić information content (AvgIpc) is 3.50. The third-order valence-electron chi connectivity index (χ3n) is 6.98. The number of rotatable bonds is 7. The Balaban J connectivity index is 1.42. The van der Waals surface area contributed by atoms with Gasteiger partial charge in [-0.15, -0.1) is 0 Å². The normalized spacial score (nSPS) is 24.8. The van der Waals surface area contributed by atoms with Crippen LogP contribution in [0.2, 0.25) is 0 Å². The van der Waals surface area contributed by atoms with Crippen molar-refractivity contribution in [2.24, 2.45) is 16.5 Å². The summed E-state index contributed by atoms with van der Waals surface area (Å²) in [5.74, 6) is 0.183. The van der Waals surface area contributed by atoms with E-state index in [4.69, 9.17) is 9.57 Å². The van der Waals surface area contributed by atoms with Crippen LogP contribution < -0.4 is 5.32 Å². The number of nitrogens with one attached hydrogen (secondary N) is 1. The van der Waals surface area contributed by atoms with Gasteiger partial charge in [-0.25, -0.2) is 0 Å². The highest BCUT2D eigenvalue weighted by Crippen LogP contribution is 2.39. The molecule has 0 radical (unpaired) electrons. The number of ether oxygens (including phenoxy) is 1. The Bertz CT molecular complexity index is 825. The van der Waals surface area contributed by atoms with Gasteiger partial charge in [0.15, 0.2) is 0 Å². The van der Waals surface area contributed by atoms with Gasteiger partial charge in [0.05, 0.1) is 17.2 Å². The van der Waals surface area contributed by atoms with E-state index in [1.165, 1.54) is 0 Å². The molecule has 0 bridgehead atoms. The highest BCUT2D eigenvalue weighted by Gasteiger charge is 2.45. The van der Waals surface area contributed by atoms with Gasteiger partial charge in [-0.2, -0.15) is 0 Å². The molecule has 0 spiro atoms. The van der Waals surface area contributed by atoms with Crippen LogP contribution in [0, 0.1) is 11.3 Å². The van der Waals surface area contributed by atoms with Gasteiger partial charge in [-0.1, -0.05) is 49.3 Å². The molecule has 0 aliphatic carbocycles. The zero-order chi connectivity index (χ0) is 22.6. The maximum Gasteiger partial charge on any atom is 0.226 e. The zero-order valence-corrected chi connectivity index (χ0v) is 19.2. The predicted molar refractivity (Wildman–Crippen MR) is 122 cm³/mol. The monoisotopic (exact) mass is 441 g/mol. The van der Waals surface area contributed by atoms with Crippen LogP contribution in [0.5, 0.6) is 0 Å². The van der Waals surface area contributed by atoms with Gasteiger partial charge >= 0.3 is 0 Å². The van der Waals surface area contributed by atoms with E-state index >= 15 is 0 Å². The number of carbonyl (C=O) groups excluding carboxylic acids is 2. The van der Waals surface area contributed by atoms with E-state index in [0.29, 0.717) is 45.3 Å². The van der Waals surface area contributed by atoms with Gasteiger partial charge in [-0.05, 0) is 31.2 Å². The van der Waals surface area contributed by atoms with E-state index < -0.39 is 5.41 Å². The van der Waals surface area contributed by atoms with E-state index in [1.807, 2.05) is 49.1 Å². The number of hydrogen-bond donors (Lipinski definition) is 1. The number of amides is 2. The molecule has 174 valence electrons. The van der Waals surface area contributed by atoms with Crippen LogP contribution in [0.1, 0.15) is 57.9 Å². The summed E-state index contributed by atoms with van der Waals surface area (Å²) >= 11 is 0. The Morgan fingerprint density at radius 2 is 1.94 bits per heavy atom. The summed E-state index contributed by atoms with van der Waals surface area (Å²) in [4.78, 5) is 33.6. The second-order valence-electron chi connectivity index (χ2n) is 9.65. The van der Waals surface area contributed by atoms with Crippen molar-refractivity contribution in [1.29, 1.82) is 0 Å². The van der Waals surface area contributed by atoms with Crippen LogP contribution in [0.25, 0.3) is 0 Å². The Morgan fingerprint density at radius 1 is 1.19 bits per heavy atom. The number of piperidine rings is 1. The number of benzene rings is 1. The first-order chi connectivity index (χ1) is 15.5. The number of oxime groups is 1. The largest absolute Gasteiger partial charge is 0.392 e. The summed E-state index contributed by atoms with van der Waals surface area (Å²) in [6.45, 7) is 6.37. The molecular weight excluding hydrogens is 406 g/mol. The fraction of sp³-hybridized carbons (Fsp3) is 0.640. The standard InChI is InChI=1S/C25H35N3O4/c1-18(2)23(29)28-12-10-25(11-13-28,24(30)26-17-20-9-6-14-31-20)16-21-15-22(27-32-21)19-7-4-3-5-8-19/h3-5,7-8,18,20-21H,6,9-17H2,1-2H3,(H,26,30)/t20-,21-/m0/s1. The molecule has 2 atom stereocenters. The molecule has 1 N–H and O–H groups in total. The van der Waals surface area contributed by atoms with Gasteiger partial charge in [0.25, 0.3) is 0 Å². The number of nitrogens with zero attached hydrogens (tertiary/aromatic N) is 2. The fourth-order valence-electron chi connectivity index (χ4n) is 5.02. The summed E-state index contributed by atoms with van der Waals surface area (Å²) in [6, 6.07) is 10.0. The smallest absolute Gasteiger partial charge is 0.226 e. The van der Waals surface area contributed by atoms with E-state index in [0.717, 1.165) is 30.7 Å². The summed E-state index contributed by atoms with van der Waals surface area (Å²) in [5, 5.41) is 7.48. The van der Waals surface area contributed by atoms with E-state index in [-0.39, 0.29) is 29.9 Å². The number of carbonyl (C=O) groups is 2. The minimum atomic E-state index is -0.557. The van der Waals surface area contributed by atoms with Gasteiger partial charge < -0.3 is 19.8 Å². The average molecular weight is 442 g/mol. The molecule has 32 heavy (non-hydrogen) atoms. The minimum absolute atomic E-state index is 0.0316. The van der Waals surface area contributed by atoms with Crippen molar-refractivity contribution in [3.8, 4) is 0 Å². The van der Waals surface area contributed by atoms with Gasteiger partial charge in [0.1, 0.15) is 6.10 Å². The number of hydrogen-bond acceptors (Lipinski definition) is 5. The summed E-state index contributed by atoms with van der Waals surface area (Å²) in [7, 11) is 0. The first-order valence-corrected chi connectivity index (χ1v) is 11.9. The quantitative estimate of drug-likeness (QED) is 0.705. The Kier molecular flexibility index (Phi) is 7.13. The molecule has 7 heteroatoms. The molecular formula is C25H35N3O4. The summed E-state index contributed by atoms with van der Waals surface area (Å²) in [6.07, 6.45) is 4.60. The minimum Gasteiger partial charge on any atom is -0.392 e. The molecule has 1 aromatic rings. The Labute approximate surface area is 190 Å². The predicted octanol–water partition coefficient (Wildman–Crippen LogP) is 3.13. The third kappa shape index (κ3) is 5.14. The van der Waals surface area contributed by atoms with E-state index in [2.05, 4.69) is 10.5 Å². The van der Waals surface area contributed by atoms with Gasteiger partial charge in [0.2, 0.25) is 11.8 Å². The number of likely N-dealkylation sites (tertiary alicyclic amines) is 1. The zero-order valence-electron chi connectivity index (χ0n) is 19.2. The first-order valence-electron chi connectivity index (χ1n) is 11.9. The lowest BCUT2D eigenvalue weighted by Crippen LogP contribution is -2.52. The molecule has 0 aromatic heterocycles. The lowest BCUT2D eigenvalue weighted by atomic mass is 9.72. The SMILES string of the molecule is CC(C)C(=O)N1CCC(C[C@@H]2CC(c3ccccc3)=NO2)(C(=O)NC[C@@H]2CCCO2)CC1. The Morgan fingerprint density at radius 3 is 2.59 bits per heavy atom. The van der Waals surface area contributed by atoms with Crippen molar-refractivity contribution in [3.63, 3.8) is 0 Å². The van der Waals surface area contributed by atoms with Crippen LogP contribution >= 0.6 is 0 Å². The van der Waals surface area contributed by atoms with Gasteiger partial charge in [0, 0.05) is 45.0 Å². The Hall–Kier alpha value is -2.41. The van der Waals surface area contributed by atoms with Crippen LogP contribution in [0.3, 0.4) is 0 Å². The lowest BCUT2D eigenvalue weighted by molar-refractivity contribution is -0.144. The topological polar surface area (TPSA) is 80.2 Å².